The summed E-state index contributed by atoms with van der Waals surface area (Å²) >= 11 is 0. The average molecular weight is 312 g/mol. The lowest BCUT2D eigenvalue weighted by atomic mass is 9.88. The molecule has 6 heteroatoms. The second-order valence-corrected chi connectivity index (χ2v) is 7.68. The van der Waals surface area contributed by atoms with Gasteiger partial charge in [-0.15, -0.1) is 0 Å². The molecule has 1 fully saturated rings. The number of rotatable bonds is 6. The molecule has 0 aromatic heterocycles. The van der Waals surface area contributed by atoms with E-state index in [1.54, 1.807) is 24.3 Å². The zero-order chi connectivity index (χ0) is 15.3. The van der Waals surface area contributed by atoms with E-state index in [0.717, 1.165) is 25.7 Å². The maximum absolute atomic E-state index is 12.0. The highest BCUT2D eigenvalue weighted by Gasteiger charge is 2.22. The monoisotopic (exact) mass is 312 g/mol. The molecule has 3 N–H and O–H groups in total. The van der Waals surface area contributed by atoms with E-state index in [9.17, 15) is 8.42 Å². The van der Waals surface area contributed by atoms with Crippen molar-refractivity contribution < 1.29 is 13.2 Å². The summed E-state index contributed by atoms with van der Waals surface area (Å²) in [4.78, 5) is 0. The van der Waals surface area contributed by atoms with Crippen LogP contribution in [0.2, 0.25) is 0 Å². The molecule has 0 aliphatic heterocycles. The number of nitrogens with two attached hydrogens (primary N) is 1. The van der Waals surface area contributed by atoms with Crippen molar-refractivity contribution in [1.29, 1.82) is 0 Å². The number of benzene rings is 1. The van der Waals surface area contributed by atoms with Crippen LogP contribution in [0.1, 0.15) is 32.6 Å². The minimum Gasteiger partial charge on any atom is -0.492 e. The van der Waals surface area contributed by atoms with Gasteiger partial charge in [0.1, 0.15) is 12.4 Å². The summed E-state index contributed by atoms with van der Waals surface area (Å²) in [6, 6.07) is 7.01. The Hall–Kier alpha value is -1.27. The fourth-order valence-electron chi connectivity index (χ4n) is 2.52. The molecule has 2 rings (SSSR count). The third kappa shape index (κ3) is 5.55. The fraction of sp³-hybridized carbons (Fsp3) is 0.600. The third-order valence-corrected chi connectivity index (χ3v) is 5.26. The minimum absolute atomic E-state index is 0.0244. The Bertz CT molecular complexity index is 535. The van der Waals surface area contributed by atoms with Crippen LogP contribution in [0.15, 0.2) is 24.3 Å². The molecule has 0 radical (unpaired) electrons. The summed E-state index contributed by atoms with van der Waals surface area (Å²) in [6.07, 6.45) is 4.04. The van der Waals surface area contributed by atoms with Crippen molar-refractivity contribution >= 4 is 15.7 Å². The van der Waals surface area contributed by atoms with E-state index in [1.807, 2.05) is 0 Å². The van der Waals surface area contributed by atoms with E-state index < -0.39 is 10.0 Å². The third-order valence-electron chi connectivity index (χ3n) is 3.86. The lowest BCUT2D eigenvalue weighted by Crippen LogP contribution is -2.39. The molecule has 118 valence electrons. The maximum atomic E-state index is 12.0. The van der Waals surface area contributed by atoms with E-state index in [2.05, 4.69) is 11.6 Å². The van der Waals surface area contributed by atoms with Gasteiger partial charge in [-0.05, 0) is 55.9 Å². The number of hydrogen-bond acceptors (Lipinski definition) is 4. The Morgan fingerprint density at radius 3 is 2.43 bits per heavy atom. The van der Waals surface area contributed by atoms with Crippen LogP contribution in [0, 0.1) is 5.92 Å². The van der Waals surface area contributed by atoms with E-state index in [0.29, 0.717) is 17.4 Å². The molecule has 1 aromatic carbocycles. The van der Waals surface area contributed by atoms with Crippen molar-refractivity contribution in [3.8, 4) is 5.75 Å². The van der Waals surface area contributed by atoms with Crippen LogP contribution >= 0.6 is 0 Å². The van der Waals surface area contributed by atoms with Crippen LogP contribution in [-0.2, 0) is 10.0 Å². The summed E-state index contributed by atoms with van der Waals surface area (Å²) in [7, 11) is -3.28. The zero-order valence-corrected chi connectivity index (χ0v) is 13.2. The van der Waals surface area contributed by atoms with Gasteiger partial charge in [0, 0.05) is 11.7 Å². The van der Waals surface area contributed by atoms with Gasteiger partial charge in [0.25, 0.3) is 0 Å². The van der Waals surface area contributed by atoms with Crippen molar-refractivity contribution in [2.45, 2.75) is 38.6 Å². The summed E-state index contributed by atoms with van der Waals surface area (Å²) in [5.41, 5.74) is 6.23. The second kappa shape index (κ2) is 7.13. The Kier molecular flexibility index (Phi) is 5.47. The molecule has 5 nitrogen and oxygen atoms in total. The molecule has 0 spiro atoms. The normalized spacial score (nSPS) is 22.9. The molecule has 1 aliphatic carbocycles. The van der Waals surface area contributed by atoms with Gasteiger partial charge >= 0.3 is 0 Å². The lowest BCUT2D eigenvalue weighted by molar-refractivity contribution is 0.326. The van der Waals surface area contributed by atoms with Crippen molar-refractivity contribution in [1.82, 2.24) is 4.72 Å². The van der Waals surface area contributed by atoms with Crippen LogP contribution in [0.4, 0.5) is 5.69 Å². The smallest absolute Gasteiger partial charge is 0.215 e. The van der Waals surface area contributed by atoms with Gasteiger partial charge in [-0.2, -0.15) is 0 Å². The summed E-state index contributed by atoms with van der Waals surface area (Å²) in [5.74, 6) is 1.31. The van der Waals surface area contributed by atoms with E-state index in [1.165, 1.54) is 0 Å². The van der Waals surface area contributed by atoms with Crippen molar-refractivity contribution in [2.75, 3.05) is 18.1 Å². The molecule has 0 bridgehead atoms. The van der Waals surface area contributed by atoms with Crippen molar-refractivity contribution in [2.24, 2.45) is 5.92 Å². The van der Waals surface area contributed by atoms with Gasteiger partial charge in [-0.3, -0.25) is 0 Å². The van der Waals surface area contributed by atoms with Gasteiger partial charge in [-0.25, -0.2) is 13.1 Å². The van der Waals surface area contributed by atoms with Crippen LogP contribution in [-0.4, -0.2) is 26.8 Å². The van der Waals surface area contributed by atoms with Gasteiger partial charge < -0.3 is 10.5 Å². The standard InChI is InChI=1S/C15H24N2O3S/c1-12-2-6-14(7-3-12)17-21(18,19)11-10-20-15-8-4-13(16)5-9-15/h4-5,8-9,12,14,17H,2-3,6-7,10-11,16H2,1H3. The maximum Gasteiger partial charge on any atom is 0.215 e. The first kappa shape index (κ1) is 16.1. The first-order valence-electron chi connectivity index (χ1n) is 7.43. The molecular weight excluding hydrogens is 288 g/mol. The predicted molar refractivity (Wildman–Crippen MR) is 84.7 cm³/mol. The summed E-state index contributed by atoms with van der Waals surface area (Å²) in [5, 5.41) is 0. The lowest BCUT2D eigenvalue weighted by Gasteiger charge is -2.26. The number of nitrogen functional groups attached to an aromatic ring is 1. The molecular formula is C15H24N2O3S. The van der Waals surface area contributed by atoms with Gasteiger partial charge in [0.15, 0.2) is 0 Å². The van der Waals surface area contributed by atoms with Crippen LogP contribution in [0.25, 0.3) is 0 Å². The highest BCUT2D eigenvalue weighted by atomic mass is 32.2. The average Bonchev–Trinajstić information content (AvgIpc) is 2.43. The zero-order valence-electron chi connectivity index (χ0n) is 12.4. The summed E-state index contributed by atoms with van der Waals surface area (Å²) in [6.45, 7) is 2.35. The molecule has 0 unspecified atom stereocenters. The largest absolute Gasteiger partial charge is 0.492 e. The second-order valence-electron chi connectivity index (χ2n) is 5.81. The van der Waals surface area contributed by atoms with Crippen molar-refractivity contribution in [3.05, 3.63) is 24.3 Å². The SMILES string of the molecule is CC1CCC(NS(=O)(=O)CCOc2ccc(N)cc2)CC1. The van der Waals surface area contributed by atoms with E-state index in [-0.39, 0.29) is 18.4 Å². The summed E-state index contributed by atoms with van der Waals surface area (Å²) < 4.78 is 32.2. The highest BCUT2D eigenvalue weighted by molar-refractivity contribution is 7.89. The van der Waals surface area contributed by atoms with Gasteiger partial charge in [0.05, 0.1) is 5.75 Å². The van der Waals surface area contributed by atoms with Crippen molar-refractivity contribution in [3.63, 3.8) is 0 Å². The molecule has 21 heavy (non-hydrogen) atoms. The van der Waals surface area contributed by atoms with Gasteiger partial charge in [-0.1, -0.05) is 6.92 Å². The number of sulfonamides is 1. The molecule has 1 saturated carbocycles. The van der Waals surface area contributed by atoms with Crippen LogP contribution in [0.3, 0.4) is 0 Å². The number of anilines is 1. The Morgan fingerprint density at radius 2 is 1.81 bits per heavy atom. The molecule has 0 heterocycles. The highest BCUT2D eigenvalue weighted by Crippen LogP contribution is 2.23. The van der Waals surface area contributed by atoms with Crippen LogP contribution in [0.5, 0.6) is 5.75 Å². The fourth-order valence-corrected chi connectivity index (χ4v) is 3.69. The molecule has 0 atom stereocenters. The Labute approximate surface area is 126 Å². The topological polar surface area (TPSA) is 81.4 Å². The minimum atomic E-state index is -3.28. The molecule has 1 aliphatic rings. The number of ether oxygens (including phenoxy) is 1. The van der Waals surface area contributed by atoms with Crippen LogP contribution < -0.4 is 15.2 Å². The van der Waals surface area contributed by atoms with Gasteiger partial charge in [0.2, 0.25) is 10.0 Å². The number of nitrogens with one attached hydrogen (secondary N) is 1. The molecule has 0 saturated heterocycles. The molecule has 0 amide bonds. The first-order valence-corrected chi connectivity index (χ1v) is 9.08. The quantitative estimate of drug-likeness (QED) is 0.789. The van der Waals surface area contributed by atoms with E-state index >= 15 is 0 Å². The first-order chi connectivity index (χ1) is 9.94. The predicted octanol–water partition coefficient (Wildman–Crippen LogP) is 2.15. The Morgan fingerprint density at radius 1 is 1.19 bits per heavy atom. The van der Waals surface area contributed by atoms with E-state index in [4.69, 9.17) is 10.5 Å². The molecule has 1 aromatic rings. The Balaban J connectivity index is 1.74. The number of hydrogen-bond donors (Lipinski definition) is 2.